The first-order valence-corrected chi connectivity index (χ1v) is 5.69. The van der Waals surface area contributed by atoms with Gasteiger partial charge in [0.25, 0.3) is 0 Å². The van der Waals surface area contributed by atoms with E-state index in [-0.39, 0.29) is 5.91 Å². The second-order valence-electron chi connectivity index (χ2n) is 4.50. The first kappa shape index (κ1) is 11.2. The van der Waals surface area contributed by atoms with Crippen molar-refractivity contribution >= 4 is 5.91 Å². The summed E-state index contributed by atoms with van der Waals surface area (Å²) in [7, 11) is 0. The quantitative estimate of drug-likeness (QED) is 0.838. The van der Waals surface area contributed by atoms with Crippen molar-refractivity contribution in [2.24, 2.45) is 5.73 Å². The molecule has 1 aromatic heterocycles. The van der Waals surface area contributed by atoms with Crippen LogP contribution in [0.25, 0.3) is 0 Å². The molecule has 1 fully saturated rings. The maximum atomic E-state index is 11.9. The highest BCUT2D eigenvalue weighted by molar-refractivity contribution is 5.81. The van der Waals surface area contributed by atoms with Crippen LogP contribution in [0.4, 0.5) is 0 Å². The fourth-order valence-corrected chi connectivity index (χ4v) is 1.77. The topological polar surface area (TPSA) is 59.5 Å². The highest BCUT2D eigenvalue weighted by Crippen LogP contribution is 2.29. The van der Waals surface area contributed by atoms with Gasteiger partial charge in [-0.2, -0.15) is 0 Å². The Morgan fingerprint density at radius 1 is 1.62 bits per heavy atom. The molecule has 1 aliphatic carbocycles. The van der Waals surface area contributed by atoms with E-state index in [0.717, 1.165) is 24.4 Å². The van der Waals surface area contributed by atoms with Crippen LogP contribution in [-0.2, 0) is 11.3 Å². The molecular formula is C12H18N2O2. The van der Waals surface area contributed by atoms with Crippen LogP contribution in [0.1, 0.15) is 31.3 Å². The minimum Gasteiger partial charge on any atom is -0.464 e. The normalized spacial score (nSPS) is 17.2. The standard InChI is InChI=1S/C12H18N2O2/c1-8-3-6-11(16-8)7-14(10-4-5-10)12(15)9(2)13/h3,6,9-10H,4-5,7,13H2,1-2H3/t9-/m1/s1. The van der Waals surface area contributed by atoms with Crippen LogP contribution in [0.5, 0.6) is 0 Å². The third-order valence-electron chi connectivity index (χ3n) is 2.78. The Kier molecular flexibility index (Phi) is 3.01. The predicted octanol–water partition coefficient (Wildman–Crippen LogP) is 1.43. The van der Waals surface area contributed by atoms with Crippen LogP contribution in [0, 0.1) is 6.92 Å². The number of aryl methyl sites for hydroxylation is 1. The summed E-state index contributed by atoms with van der Waals surface area (Å²) in [4.78, 5) is 13.7. The molecule has 0 spiro atoms. The molecule has 0 bridgehead atoms. The minimum absolute atomic E-state index is 0.0107. The number of hydrogen-bond acceptors (Lipinski definition) is 3. The van der Waals surface area contributed by atoms with E-state index >= 15 is 0 Å². The molecule has 4 nitrogen and oxygen atoms in total. The number of hydrogen-bond donors (Lipinski definition) is 1. The fourth-order valence-electron chi connectivity index (χ4n) is 1.77. The number of furan rings is 1. The van der Waals surface area contributed by atoms with Crippen molar-refractivity contribution in [1.29, 1.82) is 0 Å². The Morgan fingerprint density at radius 3 is 2.75 bits per heavy atom. The molecule has 0 saturated heterocycles. The van der Waals surface area contributed by atoms with Crippen molar-refractivity contribution in [1.82, 2.24) is 4.90 Å². The monoisotopic (exact) mass is 222 g/mol. The molecule has 2 rings (SSSR count). The van der Waals surface area contributed by atoms with E-state index in [2.05, 4.69) is 0 Å². The molecule has 0 unspecified atom stereocenters. The van der Waals surface area contributed by atoms with E-state index < -0.39 is 6.04 Å². The maximum absolute atomic E-state index is 11.9. The molecule has 88 valence electrons. The molecule has 1 saturated carbocycles. The Morgan fingerprint density at radius 2 is 2.31 bits per heavy atom. The van der Waals surface area contributed by atoms with Crippen molar-refractivity contribution in [3.8, 4) is 0 Å². The van der Waals surface area contributed by atoms with Gasteiger partial charge in [-0.15, -0.1) is 0 Å². The molecule has 0 aromatic carbocycles. The zero-order valence-corrected chi connectivity index (χ0v) is 9.77. The van der Waals surface area contributed by atoms with Gasteiger partial charge in [0.2, 0.25) is 5.91 Å². The zero-order valence-electron chi connectivity index (χ0n) is 9.77. The van der Waals surface area contributed by atoms with Crippen LogP contribution in [-0.4, -0.2) is 22.9 Å². The molecule has 1 heterocycles. The molecule has 4 heteroatoms. The molecule has 2 N–H and O–H groups in total. The van der Waals surface area contributed by atoms with E-state index in [1.165, 1.54) is 0 Å². The molecule has 1 amide bonds. The van der Waals surface area contributed by atoms with E-state index in [0.29, 0.717) is 12.6 Å². The number of nitrogens with zero attached hydrogens (tertiary/aromatic N) is 1. The molecule has 0 radical (unpaired) electrons. The van der Waals surface area contributed by atoms with Gasteiger partial charge in [0.15, 0.2) is 0 Å². The summed E-state index contributed by atoms with van der Waals surface area (Å²) in [5.74, 6) is 1.72. The number of amides is 1. The van der Waals surface area contributed by atoms with Crippen LogP contribution >= 0.6 is 0 Å². The van der Waals surface area contributed by atoms with Crippen molar-refractivity contribution in [3.05, 3.63) is 23.7 Å². The Hall–Kier alpha value is -1.29. The Bertz CT molecular complexity index is 380. The van der Waals surface area contributed by atoms with Crippen LogP contribution in [0.15, 0.2) is 16.5 Å². The summed E-state index contributed by atoms with van der Waals surface area (Å²) in [6.45, 7) is 4.17. The van der Waals surface area contributed by atoms with Gasteiger partial charge in [0.1, 0.15) is 11.5 Å². The average Bonchev–Trinajstić information content (AvgIpc) is 2.98. The minimum atomic E-state index is -0.434. The first-order chi connectivity index (χ1) is 7.58. The molecule has 16 heavy (non-hydrogen) atoms. The average molecular weight is 222 g/mol. The zero-order chi connectivity index (χ0) is 11.7. The van der Waals surface area contributed by atoms with Gasteiger partial charge >= 0.3 is 0 Å². The predicted molar refractivity (Wildman–Crippen MR) is 60.7 cm³/mol. The second kappa shape index (κ2) is 4.29. The van der Waals surface area contributed by atoms with Gasteiger partial charge in [0.05, 0.1) is 12.6 Å². The number of rotatable bonds is 4. The Balaban J connectivity index is 2.06. The number of nitrogens with two attached hydrogens (primary N) is 1. The molecule has 1 aliphatic rings. The van der Waals surface area contributed by atoms with Crippen molar-refractivity contribution in [3.63, 3.8) is 0 Å². The third kappa shape index (κ3) is 2.44. The van der Waals surface area contributed by atoms with Crippen LogP contribution in [0.2, 0.25) is 0 Å². The summed E-state index contributed by atoms with van der Waals surface area (Å²) in [5.41, 5.74) is 5.64. The van der Waals surface area contributed by atoms with Gasteiger partial charge in [0, 0.05) is 6.04 Å². The van der Waals surface area contributed by atoms with Gasteiger partial charge in [-0.25, -0.2) is 0 Å². The van der Waals surface area contributed by atoms with Crippen LogP contribution in [0.3, 0.4) is 0 Å². The van der Waals surface area contributed by atoms with E-state index in [1.54, 1.807) is 6.92 Å². The lowest BCUT2D eigenvalue weighted by atomic mass is 10.2. The van der Waals surface area contributed by atoms with Crippen molar-refractivity contribution in [2.75, 3.05) is 0 Å². The van der Waals surface area contributed by atoms with Crippen molar-refractivity contribution in [2.45, 2.75) is 45.3 Å². The van der Waals surface area contributed by atoms with Gasteiger partial charge in [-0.3, -0.25) is 4.79 Å². The second-order valence-corrected chi connectivity index (χ2v) is 4.50. The SMILES string of the molecule is Cc1ccc(CN(C(=O)[C@@H](C)N)C2CC2)o1. The lowest BCUT2D eigenvalue weighted by molar-refractivity contribution is -0.133. The fraction of sp³-hybridized carbons (Fsp3) is 0.583. The highest BCUT2D eigenvalue weighted by Gasteiger charge is 2.34. The van der Waals surface area contributed by atoms with E-state index in [4.69, 9.17) is 10.2 Å². The molecular weight excluding hydrogens is 204 g/mol. The summed E-state index contributed by atoms with van der Waals surface area (Å²) < 4.78 is 5.49. The molecule has 1 atom stereocenters. The van der Waals surface area contributed by atoms with E-state index in [1.807, 2.05) is 24.0 Å². The van der Waals surface area contributed by atoms with Gasteiger partial charge in [-0.1, -0.05) is 0 Å². The highest BCUT2D eigenvalue weighted by atomic mass is 16.3. The maximum Gasteiger partial charge on any atom is 0.239 e. The van der Waals surface area contributed by atoms with Crippen molar-refractivity contribution < 1.29 is 9.21 Å². The summed E-state index contributed by atoms with van der Waals surface area (Å²) in [6.07, 6.45) is 2.16. The number of carbonyl (C=O) groups excluding carboxylic acids is 1. The van der Waals surface area contributed by atoms with Gasteiger partial charge in [-0.05, 0) is 38.8 Å². The third-order valence-corrected chi connectivity index (χ3v) is 2.78. The first-order valence-electron chi connectivity index (χ1n) is 5.69. The van der Waals surface area contributed by atoms with Gasteiger partial charge < -0.3 is 15.1 Å². The lowest BCUT2D eigenvalue weighted by Crippen LogP contribution is -2.42. The summed E-state index contributed by atoms with van der Waals surface area (Å²) in [5, 5.41) is 0. The summed E-state index contributed by atoms with van der Waals surface area (Å²) in [6, 6.07) is 3.76. The number of carbonyl (C=O) groups is 1. The van der Waals surface area contributed by atoms with E-state index in [9.17, 15) is 4.79 Å². The molecule has 0 aliphatic heterocycles. The largest absolute Gasteiger partial charge is 0.464 e. The molecule has 1 aromatic rings. The smallest absolute Gasteiger partial charge is 0.239 e. The summed E-state index contributed by atoms with van der Waals surface area (Å²) >= 11 is 0. The Labute approximate surface area is 95.4 Å². The lowest BCUT2D eigenvalue weighted by Gasteiger charge is -2.23. The van der Waals surface area contributed by atoms with Crippen LogP contribution < -0.4 is 5.73 Å².